The molecule has 0 saturated carbocycles. The fourth-order valence-electron chi connectivity index (χ4n) is 3.42. The van der Waals surface area contributed by atoms with Gasteiger partial charge in [-0.05, 0) is 36.2 Å². The standard InChI is InChI=1S/C24H28N6O/c1-4-5-15-31-24-27-21(25)20-23(28-24)30(16-17-9-7-6-8-10-17)22(26-20)18-11-13-19(14-12-18)29(2)3/h6-14H,4-5,15-16H2,1-3H3,(H2,25,27,28). The van der Waals surface area contributed by atoms with Crippen LogP contribution >= 0.6 is 0 Å². The Hall–Kier alpha value is -3.61. The number of benzene rings is 2. The van der Waals surface area contributed by atoms with Crippen molar-refractivity contribution >= 4 is 22.7 Å². The van der Waals surface area contributed by atoms with Gasteiger partial charge in [0.2, 0.25) is 0 Å². The predicted octanol–water partition coefficient (Wildman–Crippen LogP) is 4.37. The van der Waals surface area contributed by atoms with E-state index in [1.54, 1.807) is 0 Å². The van der Waals surface area contributed by atoms with Crippen LogP contribution in [0.1, 0.15) is 25.3 Å². The molecular weight excluding hydrogens is 388 g/mol. The summed E-state index contributed by atoms with van der Waals surface area (Å²) in [6, 6.07) is 18.8. The maximum atomic E-state index is 6.27. The van der Waals surface area contributed by atoms with Crippen LogP contribution in [-0.4, -0.2) is 40.2 Å². The summed E-state index contributed by atoms with van der Waals surface area (Å²) in [5.41, 5.74) is 10.8. The number of rotatable bonds is 8. The molecule has 0 aliphatic rings. The Kier molecular flexibility index (Phi) is 6.02. The lowest BCUT2D eigenvalue weighted by molar-refractivity contribution is 0.286. The van der Waals surface area contributed by atoms with Gasteiger partial charge in [0, 0.05) is 25.3 Å². The maximum Gasteiger partial charge on any atom is 0.320 e. The van der Waals surface area contributed by atoms with Crippen molar-refractivity contribution < 1.29 is 4.74 Å². The highest BCUT2D eigenvalue weighted by molar-refractivity contribution is 5.86. The van der Waals surface area contributed by atoms with Crippen LogP contribution in [0, 0.1) is 0 Å². The van der Waals surface area contributed by atoms with E-state index in [0.29, 0.717) is 36.1 Å². The highest BCUT2D eigenvalue weighted by Crippen LogP contribution is 2.29. The summed E-state index contributed by atoms with van der Waals surface area (Å²) >= 11 is 0. The number of unbranched alkanes of at least 4 members (excludes halogenated alkanes) is 1. The largest absolute Gasteiger partial charge is 0.463 e. The first-order chi connectivity index (χ1) is 15.1. The minimum Gasteiger partial charge on any atom is -0.463 e. The molecule has 7 nitrogen and oxygen atoms in total. The highest BCUT2D eigenvalue weighted by Gasteiger charge is 2.19. The first kappa shape index (κ1) is 20.7. The van der Waals surface area contributed by atoms with Gasteiger partial charge < -0.3 is 19.9 Å². The van der Waals surface area contributed by atoms with Gasteiger partial charge in [-0.15, -0.1) is 0 Å². The van der Waals surface area contributed by atoms with E-state index in [1.165, 1.54) is 0 Å². The van der Waals surface area contributed by atoms with Gasteiger partial charge in [-0.25, -0.2) is 4.98 Å². The lowest BCUT2D eigenvalue weighted by Crippen LogP contribution is -2.08. The van der Waals surface area contributed by atoms with Crippen LogP contribution in [-0.2, 0) is 6.54 Å². The molecule has 0 aliphatic heterocycles. The molecule has 2 aromatic heterocycles. The van der Waals surface area contributed by atoms with Gasteiger partial charge in [-0.3, -0.25) is 0 Å². The number of nitrogens with zero attached hydrogens (tertiary/aromatic N) is 5. The van der Waals surface area contributed by atoms with Crippen molar-refractivity contribution in [2.24, 2.45) is 0 Å². The molecule has 0 saturated heterocycles. The topological polar surface area (TPSA) is 82.1 Å². The fourth-order valence-corrected chi connectivity index (χ4v) is 3.42. The van der Waals surface area contributed by atoms with E-state index in [1.807, 2.05) is 32.3 Å². The molecule has 2 heterocycles. The zero-order valence-corrected chi connectivity index (χ0v) is 18.2. The molecule has 0 spiro atoms. The quantitative estimate of drug-likeness (QED) is 0.430. The molecule has 0 unspecified atom stereocenters. The Morgan fingerprint density at radius 2 is 1.71 bits per heavy atom. The Bertz CT molecular complexity index is 1150. The van der Waals surface area contributed by atoms with E-state index in [9.17, 15) is 0 Å². The van der Waals surface area contributed by atoms with Crippen molar-refractivity contribution in [2.75, 3.05) is 31.3 Å². The van der Waals surface area contributed by atoms with E-state index < -0.39 is 0 Å². The Morgan fingerprint density at radius 3 is 2.39 bits per heavy atom. The average molecular weight is 417 g/mol. The second-order valence-corrected chi connectivity index (χ2v) is 7.71. The van der Waals surface area contributed by atoms with E-state index in [2.05, 4.69) is 62.8 Å². The molecule has 0 bridgehead atoms. The minimum atomic E-state index is 0.294. The molecule has 0 atom stereocenters. The van der Waals surface area contributed by atoms with E-state index in [-0.39, 0.29) is 0 Å². The summed E-state index contributed by atoms with van der Waals surface area (Å²) in [4.78, 5) is 15.9. The smallest absolute Gasteiger partial charge is 0.320 e. The number of hydrogen-bond acceptors (Lipinski definition) is 6. The number of nitrogen functional groups attached to an aromatic ring is 1. The summed E-state index contributed by atoms with van der Waals surface area (Å²) in [5.74, 6) is 1.13. The average Bonchev–Trinajstić information content (AvgIpc) is 3.13. The van der Waals surface area contributed by atoms with Crippen LogP contribution in [0.2, 0.25) is 0 Å². The van der Waals surface area contributed by atoms with Gasteiger partial charge in [0.1, 0.15) is 5.82 Å². The lowest BCUT2D eigenvalue weighted by Gasteiger charge is -2.13. The molecule has 0 fully saturated rings. The second kappa shape index (κ2) is 9.04. The van der Waals surface area contributed by atoms with Gasteiger partial charge in [0.15, 0.2) is 17.0 Å². The molecule has 7 heteroatoms. The van der Waals surface area contributed by atoms with Gasteiger partial charge in [-0.2, -0.15) is 9.97 Å². The number of fused-ring (bicyclic) bond motifs is 1. The number of anilines is 2. The highest BCUT2D eigenvalue weighted by atomic mass is 16.5. The van der Waals surface area contributed by atoms with Crippen LogP contribution in [0.25, 0.3) is 22.6 Å². The third-order valence-electron chi connectivity index (χ3n) is 5.16. The fraction of sp³-hybridized carbons (Fsp3) is 0.292. The van der Waals surface area contributed by atoms with Crippen molar-refractivity contribution in [3.8, 4) is 17.4 Å². The first-order valence-electron chi connectivity index (χ1n) is 10.5. The molecule has 0 amide bonds. The van der Waals surface area contributed by atoms with Crippen LogP contribution in [0.4, 0.5) is 11.5 Å². The Balaban J connectivity index is 1.83. The normalized spacial score (nSPS) is 11.1. The molecule has 0 radical (unpaired) electrons. The first-order valence-corrected chi connectivity index (χ1v) is 10.5. The van der Waals surface area contributed by atoms with E-state index in [4.69, 9.17) is 15.5 Å². The lowest BCUT2D eigenvalue weighted by atomic mass is 10.1. The van der Waals surface area contributed by atoms with Crippen molar-refractivity contribution in [3.63, 3.8) is 0 Å². The number of ether oxygens (including phenoxy) is 1. The van der Waals surface area contributed by atoms with Gasteiger partial charge in [0.25, 0.3) is 0 Å². The Morgan fingerprint density at radius 1 is 0.968 bits per heavy atom. The van der Waals surface area contributed by atoms with Gasteiger partial charge in [-0.1, -0.05) is 43.7 Å². The van der Waals surface area contributed by atoms with E-state index >= 15 is 0 Å². The maximum absolute atomic E-state index is 6.27. The Labute approximate surface area is 182 Å². The van der Waals surface area contributed by atoms with Crippen LogP contribution in [0.5, 0.6) is 6.01 Å². The minimum absolute atomic E-state index is 0.294. The molecule has 4 aromatic rings. The summed E-state index contributed by atoms with van der Waals surface area (Å²) in [6.45, 7) is 3.30. The molecular formula is C24H28N6O. The predicted molar refractivity (Wildman–Crippen MR) is 125 cm³/mol. The SMILES string of the molecule is CCCCOc1nc(N)c2nc(-c3ccc(N(C)C)cc3)n(Cc3ccccc3)c2n1. The van der Waals surface area contributed by atoms with Crippen molar-refractivity contribution in [2.45, 2.75) is 26.3 Å². The number of aromatic nitrogens is 4. The molecule has 31 heavy (non-hydrogen) atoms. The summed E-state index contributed by atoms with van der Waals surface area (Å²) in [5, 5.41) is 0. The van der Waals surface area contributed by atoms with Gasteiger partial charge in [0.05, 0.1) is 13.2 Å². The molecule has 2 aromatic carbocycles. The van der Waals surface area contributed by atoms with Crippen LogP contribution in [0.15, 0.2) is 54.6 Å². The number of imidazole rings is 1. The number of nitrogens with two attached hydrogens (primary N) is 1. The molecule has 4 rings (SSSR count). The van der Waals surface area contributed by atoms with Gasteiger partial charge >= 0.3 is 6.01 Å². The molecule has 2 N–H and O–H groups in total. The number of hydrogen-bond donors (Lipinski definition) is 1. The third kappa shape index (κ3) is 4.45. The van der Waals surface area contributed by atoms with Crippen molar-refractivity contribution in [1.29, 1.82) is 0 Å². The molecule has 160 valence electrons. The summed E-state index contributed by atoms with van der Waals surface area (Å²) < 4.78 is 7.83. The third-order valence-corrected chi connectivity index (χ3v) is 5.16. The second-order valence-electron chi connectivity index (χ2n) is 7.71. The summed E-state index contributed by atoms with van der Waals surface area (Å²) in [7, 11) is 4.05. The zero-order chi connectivity index (χ0) is 21.8. The monoisotopic (exact) mass is 416 g/mol. The van der Waals surface area contributed by atoms with Crippen LogP contribution < -0.4 is 15.4 Å². The van der Waals surface area contributed by atoms with Crippen molar-refractivity contribution in [1.82, 2.24) is 19.5 Å². The zero-order valence-electron chi connectivity index (χ0n) is 18.2. The summed E-state index contributed by atoms with van der Waals surface area (Å²) in [6.07, 6.45) is 1.98. The van der Waals surface area contributed by atoms with Crippen LogP contribution in [0.3, 0.4) is 0 Å². The van der Waals surface area contributed by atoms with Crippen molar-refractivity contribution in [3.05, 3.63) is 60.2 Å². The van der Waals surface area contributed by atoms with E-state index in [0.717, 1.165) is 35.5 Å². The molecule has 0 aliphatic carbocycles.